The van der Waals surface area contributed by atoms with Gasteiger partial charge in [-0.3, -0.25) is 0 Å². The lowest BCUT2D eigenvalue weighted by Gasteiger charge is -2.14. The maximum absolute atomic E-state index is 5.36. The topological polar surface area (TPSA) is 38.7 Å². The number of pyridine rings is 3. The van der Waals surface area contributed by atoms with Crippen molar-refractivity contribution in [2.45, 2.75) is 0 Å². The molecule has 0 amide bonds. The highest BCUT2D eigenvalue weighted by Crippen LogP contribution is 2.38. The lowest BCUT2D eigenvalue weighted by Crippen LogP contribution is -1.95. The van der Waals surface area contributed by atoms with Crippen molar-refractivity contribution >= 4 is 54.3 Å². The fourth-order valence-electron chi connectivity index (χ4n) is 7.29. The second-order valence-electron chi connectivity index (χ2n) is 12.9. The number of rotatable bonds is 4. The van der Waals surface area contributed by atoms with E-state index < -0.39 is 0 Å². The van der Waals surface area contributed by atoms with E-state index in [2.05, 4.69) is 176 Å². The zero-order valence-corrected chi connectivity index (χ0v) is 27.1. The van der Waals surface area contributed by atoms with E-state index in [0.717, 1.165) is 72.0 Å². The fraction of sp³-hybridized carbons (Fsp3) is 0. The SMILES string of the molecule is c1ccc(-c2c3ccccc3nc3c2ccc2ccc(-c4cc(-c5ccc6ccccc6c5)cc(-c5ccc6ccccc6c5)n4)nc23)cc1. The zero-order chi connectivity index (χ0) is 33.0. The summed E-state index contributed by atoms with van der Waals surface area (Å²) in [5, 5.41) is 8.08. The molecule has 0 bridgehead atoms. The Bertz CT molecular complexity index is 2830. The van der Waals surface area contributed by atoms with Crippen LogP contribution >= 0.6 is 0 Å². The molecule has 3 nitrogen and oxygen atoms in total. The van der Waals surface area contributed by atoms with Gasteiger partial charge in [0.15, 0.2) is 0 Å². The third-order valence-corrected chi connectivity index (χ3v) is 9.79. The van der Waals surface area contributed by atoms with E-state index in [1.807, 2.05) is 0 Å². The molecular formula is C47H29N3. The van der Waals surface area contributed by atoms with Gasteiger partial charge in [0.05, 0.1) is 33.6 Å². The van der Waals surface area contributed by atoms with Crippen LogP contribution in [0.15, 0.2) is 176 Å². The van der Waals surface area contributed by atoms with Crippen LogP contribution in [0.2, 0.25) is 0 Å². The summed E-state index contributed by atoms with van der Waals surface area (Å²) in [5.74, 6) is 0. The second-order valence-corrected chi connectivity index (χ2v) is 12.9. The molecule has 0 spiro atoms. The molecule has 232 valence electrons. The zero-order valence-electron chi connectivity index (χ0n) is 27.1. The summed E-state index contributed by atoms with van der Waals surface area (Å²) < 4.78 is 0. The number of hydrogen-bond donors (Lipinski definition) is 0. The number of benzene rings is 7. The molecule has 50 heavy (non-hydrogen) atoms. The molecule has 0 radical (unpaired) electrons. The van der Waals surface area contributed by atoms with Crippen LogP contribution in [0.5, 0.6) is 0 Å². The largest absolute Gasteiger partial charge is 0.246 e. The normalized spacial score (nSPS) is 11.6. The van der Waals surface area contributed by atoms with E-state index in [9.17, 15) is 0 Å². The van der Waals surface area contributed by atoms with E-state index in [1.165, 1.54) is 27.1 Å². The Kier molecular flexibility index (Phi) is 6.49. The molecular weight excluding hydrogens is 607 g/mol. The van der Waals surface area contributed by atoms with E-state index in [-0.39, 0.29) is 0 Å². The summed E-state index contributed by atoms with van der Waals surface area (Å²) in [7, 11) is 0. The predicted octanol–water partition coefficient (Wildman–Crippen LogP) is 12.3. The minimum atomic E-state index is 0.811. The molecule has 3 heteroatoms. The molecule has 0 atom stereocenters. The fourth-order valence-corrected chi connectivity index (χ4v) is 7.29. The number of fused-ring (bicyclic) bond motifs is 6. The molecule has 7 aromatic carbocycles. The molecule has 0 saturated carbocycles. The minimum absolute atomic E-state index is 0.811. The van der Waals surface area contributed by atoms with Gasteiger partial charge in [0, 0.05) is 27.3 Å². The number of hydrogen-bond acceptors (Lipinski definition) is 3. The molecule has 10 rings (SSSR count). The average Bonchev–Trinajstić information content (AvgIpc) is 3.19. The van der Waals surface area contributed by atoms with Crippen LogP contribution < -0.4 is 0 Å². The van der Waals surface area contributed by atoms with Crippen LogP contribution in [0.4, 0.5) is 0 Å². The third-order valence-electron chi connectivity index (χ3n) is 9.79. The van der Waals surface area contributed by atoms with Crippen molar-refractivity contribution in [1.82, 2.24) is 15.0 Å². The number of nitrogens with zero attached hydrogens (tertiary/aromatic N) is 3. The van der Waals surface area contributed by atoms with Crippen molar-refractivity contribution in [2.75, 3.05) is 0 Å². The summed E-state index contributed by atoms with van der Waals surface area (Å²) in [5.41, 5.74) is 10.9. The van der Waals surface area contributed by atoms with Crippen LogP contribution in [-0.4, -0.2) is 15.0 Å². The summed E-state index contributed by atoms with van der Waals surface area (Å²) in [4.78, 5) is 15.9. The molecule has 0 fully saturated rings. The predicted molar refractivity (Wildman–Crippen MR) is 209 cm³/mol. The van der Waals surface area contributed by atoms with E-state index in [1.54, 1.807) is 0 Å². The number of para-hydroxylation sites is 1. The Morgan fingerprint density at radius 1 is 0.280 bits per heavy atom. The van der Waals surface area contributed by atoms with E-state index >= 15 is 0 Å². The molecule has 0 saturated heterocycles. The highest BCUT2D eigenvalue weighted by atomic mass is 14.8. The van der Waals surface area contributed by atoms with Crippen molar-refractivity contribution in [2.24, 2.45) is 0 Å². The second kappa shape index (κ2) is 11.5. The molecule has 0 unspecified atom stereocenters. The van der Waals surface area contributed by atoms with Crippen LogP contribution in [-0.2, 0) is 0 Å². The van der Waals surface area contributed by atoms with Crippen molar-refractivity contribution < 1.29 is 0 Å². The monoisotopic (exact) mass is 635 g/mol. The van der Waals surface area contributed by atoms with Gasteiger partial charge in [-0.2, -0.15) is 0 Å². The Morgan fingerprint density at radius 2 is 0.900 bits per heavy atom. The summed E-state index contributed by atoms with van der Waals surface area (Å²) in [6.45, 7) is 0. The summed E-state index contributed by atoms with van der Waals surface area (Å²) >= 11 is 0. The van der Waals surface area contributed by atoms with Gasteiger partial charge >= 0.3 is 0 Å². The van der Waals surface area contributed by atoms with Crippen LogP contribution in [0.1, 0.15) is 0 Å². The van der Waals surface area contributed by atoms with Gasteiger partial charge in [0.1, 0.15) is 0 Å². The van der Waals surface area contributed by atoms with Crippen LogP contribution in [0.3, 0.4) is 0 Å². The van der Waals surface area contributed by atoms with Crippen LogP contribution in [0, 0.1) is 0 Å². The van der Waals surface area contributed by atoms with Gasteiger partial charge in [0.25, 0.3) is 0 Å². The first-order chi connectivity index (χ1) is 24.7. The van der Waals surface area contributed by atoms with Gasteiger partial charge in [-0.15, -0.1) is 0 Å². The molecule has 3 aromatic heterocycles. The van der Waals surface area contributed by atoms with Crippen LogP contribution in [0.25, 0.3) is 99.2 Å². The quantitative estimate of drug-likeness (QED) is 0.143. The Morgan fingerprint density at radius 3 is 1.70 bits per heavy atom. The van der Waals surface area contributed by atoms with Crippen molar-refractivity contribution in [1.29, 1.82) is 0 Å². The van der Waals surface area contributed by atoms with Crippen molar-refractivity contribution in [3.63, 3.8) is 0 Å². The van der Waals surface area contributed by atoms with Crippen molar-refractivity contribution in [3.05, 3.63) is 176 Å². The molecule has 10 aromatic rings. The summed E-state index contributed by atoms with van der Waals surface area (Å²) in [6, 6.07) is 62.1. The number of aromatic nitrogens is 3. The van der Waals surface area contributed by atoms with Gasteiger partial charge in [0.2, 0.25) is 0 Å². The summed E-state index contributed by atoms with van der Waals surface area (Å²) in [6.07, 6.45) is 0. The molecule has 3 heterocycles. The van der Waals surface area contributed by atoms with Gasteiger partial charge in [-0.1, -0.05) is 140 Å². The molecule has 0 aliphatic carbocycles. The van der Waals surface area contributed by atoms with E-state index in [0.29, 0.717) is 0 Å². The first-order valence-corrected chi connectivity index (χ1v) is 16.9. The maximum atomic E-state index is 5.36. The first kappa shape index (κ1) is 28.3. The lowest BCUT2D eigenvalue weighted by atomic mass is 9.95. The standard InChI is InChI=1S/C47H29N3/c1-2-12-32(13-3-1)45-39-16-8-9-17-41(39)49-47-40(45)24-22-33-23-25-42(50-46(33)47)44-29-38(36-20-18-30-10-4-6-14-34(30)26-36)28-43(48-44)37-21-19-31-11-5-7-15-35(31)27-37/h1-29H. The van der Waals surface area contributed by atoms with E-state index in [4.69, 9.17) is 15.0 Å². The Balaban J connectivity index is 1.21. The van der Waals surface area contributed by atoms with Crippen molar-refractivity contribution in [3.8, 4) is 44.9 Å². The van der Waals surface area contributed by atoms with Gasteiger partial charge < -0.3 is 0 Å². The highest BCUT2D eigenvalue weighted by Gasteiger charge is 2.16. The lowest BCUT2D eigenvalue weighted by molar-refractivity contribution is 1.28. The first-order valence-electron chi connectivity index (χ1n) is 16.9. The molecule has 0 N–H and O–H groups in total. The van der Waals surface area contributed by atoms with Gasteiger partial charge in [-0.05, 0) is 74.6 Å². The minimum Gasteiger partial charge on any atom is -0.246 e. The maximum Gasteiger partial charge on any atom is 0.0978 e. The Labute approximate surface area is 289 Å². The molecule has 0 aliphatic heterocycles. The smallest absolute Gasteiger partial charge is 0.0978 e. The van der Waals surface area contributed by atoms with Gasteiger partial charge in [-0.25, -0.2) is 15.0 Å². The average molecular weight is 636 g/mol. The third kappa shape index (κ3) is 4.79. The molecule has 0 aliphatic rings. The highest BCUT2D eigenvalue weighted by molar-refractivity contribution is 6.16. The Hall–Kier alpha value is -6.71.